The number of alkyl halides is 3. The number of benzene rings is 1. The number of ether oxygens (including phenoxy) is 1. The average Bonchev–Trinajstić information content (AvgIpc) is 2.33. The number of rotatable bonds is 6. The molecule has 1 aromatic carbocycles. The predicted molar refractivity (Wildman–Crippen MR) is 75.6 cm³/mol. The minimum absolute atomic E-state index is 0.0179. The van der Waals surface area contributed by atoms with Crippen molar-refractivity contribution in [3.8, 4) is 5.75 Å². The summed E-state index contributed by atoms with van der Waals surface area (Å²) in [4.78, 5) is 0. The van der Waals surface area contributed by atoms with Crippen LogP contribution in [0.5, 0.6) is 5.75 Å². The zero-order valence-electron chi connectivity index (χ0n) is 10.6. The molecule has 0 heterocycles. The molecule has 0 saturated heterocycles. The van der Waals surface area contributed by atoms with E-state index in [0.717, 1.165) is 10.0 Å². The second-order valence-corrected chi connectivity index (χ2v) is 5.91. The summed E-state index contributed by atoms with van der Waals surface area (Å²) >= 11 is 3.25. The third-order valence-corrected chi connectivity index (χ3v) is 3.67. The van der Waals surface area contributed by atoms with Crippen LogP contribution < -0.4 is 10.1 Å². The fourth-order valence-corrected chi connectivity index (χ4v) is 2.19. The van der Waals surface area contributed by atoms with Crippen molar-refractivity contribution in [2.45, 2.75) is 18.5 Å². The van der Waals surface area contributed by atoms with Crippen LogP contribution in [0.25, 0.3) is 0 Å². The van der Waals surface area contributed by atoms with Crippen LogP contribution >= 0.6 is 27.7 Å². The van der Waals surface area contributed by atoms with Gasteiger partial charge in [-0.2, -0.15) is 13.2 Å². The van der Waals surface area contributed by atoms with Crippen molar-refractivity contribution in [2.75, 3.05) is 19.4 Å². The predicted octanol–water partition coefficient (Wildman–Crippen LogP) is 4.36. The summed E-state index contributed by atoms with van der Waals surface area (Å²) in [6.07, 6.45) is 0. The molecule has 0 aliphatic heterocycles. The molecule has 0 saturated carbocycles. The lowest BCUT2D eigenvalue weighted by Crippen LogP contribution is -2.15. The SMILES string of the molecule is CNC(C)c1ccc(Br)cc1OCCSC(F)(F)F. The van der Waals surface area contributed by atoms with E-state index in [-0.39, 0.29) is 30.2 Å². The van der Waals surface area contributed by atoms with Gasteiger partial charge in [0.25, 0.3) is 0 Å². The van der Waals surface area contributed by atoms with Crippen LogP contribution in [-0.4, -0.2) is 24.9 Å². The zero-order chi connectivity index (χ0) is 14.5. The molecule has 0 aliphatic carbocycles. The van der Waals surface area contributed by atoms with Crippen LogP contribution in [0.1, 0.15) is 18.5 Å². The highest BCUT2D eigenvalue weighted by atomic mass is 79.9. The lowest BCUT2D eigenvalue weighted by Gasteiger charge is -2.17. The fourth-order valence-electron chi connectivity index (χ4n) is 1.46. The fraction of sp³-hybridized carbons (Fsp3) is 0.500. The van der Waals surface area contributed by atoms with Gasteiger partial charge in [0.1, 0.15) is 5.75 Å². The largest absolute Gasteiger partial charge is 0.492 e. The van der Waals surface area contributed by atoms with E-state index in [1.165, 1.54) is 0 Å². The third kappa shape index (κ3) is 6.05. The topological polar surface area (TPSA) is 21.3 Å². The normalized spacial score (nSPS) is 13.4. The van der Waals surface area contributed by atoms with Crippen LogP contribution in [0.2, 0.25) is 0 Å². The molecule has 1 aromatic rings. The van der Waals surface area contributed by atoms with Gasteiger partial charge in [-0.15, -0.1) is 0 Å². The standard InChI is InChI=1S/C12H15BrF3NOS/c1-8(17-2)10-4-3-9(13)7-11(10)18-5-6-19-12(14,15)16/h3-4,7-8,17H,5-6H2,1-2H3. The maximum Gasteiger partial charge on any atom is 0.441 e. The molecule has 0 aliphatic rings. The Balaban J connectivity index is 2.63. The minimum Gasteiger partial charge on any atom is -0.492 e. The molecule has 1 N–H and O–H groups in total. The van der Waals surface area contributed by atoms with E-state index < -0.39 is 5.51 Å². The van der Waals surface area contributed by atoms with Crippen molar-refractivity contribution in [2.24, 2.45) is 0 Å². The molecule has 0 aromatic heterocycles. The third-order valence-electron chi connectivity index (χ3n) is 2.48. The summed E-state index contributed by atoms with van der Waals surface area (Å²) < 4.78 is 42.3. The van der Waals surface area contributed by atoms with Crippen molar-refractivity contribution < 1.29 is 17.9 Å². The number of thioether (sulfide) groups is 1. The van der Waals surface area contributed by atoms with E-state index in [0.29, 0.717) is 5.75 Å². The Morgan fingerprint density at radius 3 is 2.68 bits per heavy atom. The van der Waals surface area contributed by atoms with Crippen molar-refractivity contribution in [1.82, 2.24) is 5.32 Å². The van der Waals surface area contributed by atoms with Gasteiger partial charge in [-0.3, -0.25) is 0 Å². The number of halogens is 4. The summed E-state index contributed by atoms with van der Waals surface area (Å²) in [7, 11) is 1.82. The first-order valence-electron chi connectivity index (χ1n) is 5.63. The zero-order valence-corrected chi connectivity index (χ0v) is 13.0. The van der Waals surface area contributed by atoms with Crippen LogP contribution in [0.4, 0.5) is 13.2 Å². The highest BCUT2D eigenvalue weighted by molar-refractivity contribution is 9.10. The van der Waals surface area contributed by atoms with Gasteiger partial charge in [0.05, 0.1) is 6.61 Å². The van der Waals surface area contributed by atoms with E-state index in [4.69, 9.17) is 4.74 Å². The molecule has 19 heavy (non-hydrogen) atoms. The molecule has 1 rings (SSSR count). The Labute approximate surface area is 123 Å². The van der Waals surface area contributed by atoms with Gasteiger partial charge in [0, 0.05) is 21.8 Å². The highest BCUT2D eigenvalue weighted by Crippen LogP contribution is 2.31. The molecular weight excluding hydrogens is 343 g/mol. The minimum atomic E-state index is -4.21. The van der Waals surface area contributed by atoms with Gasteiger partial charge in [-0.05, 0) is 37.9 Å². The molecule has 108 valence electrons. The van der Waals surface area contributed by atoms with Crippen LogP contribution in [-0.2, 0) is 0 Å². The van der Waals surface area contributed by atoms with Crippen molar-refractivity contribution in [3.05, 3.63) is 28.2 Å². The van der Waals surface area contributed by atoms with Gasteiger partial charge < -0.3 is 10.1 Å². The molecule has 1 unspecified atom stereocenters. The first-order chi connectivity index (χ1) is 8.83. The molecule has 2 nitrogen and oxygen atoms in total. The van der Waals surface area contributed by atoms with Gasteiger partial charge >= 0.3 is 5.51 Å². The molecular formula is C12H15BrF3NOS. The van der Waals surface area contributed by atoms with Gasteiger partial charge in [0.2, 0.25) is 0 Å². The Kier molecular flexibility index (Phi) is 6.49. The Hall–Kier alpha value is -0.400. The van der Waals surface area contributed by atoms with Gasteiger partial charge in [-0.1, -0.05) is 22.0 Å². The summed E-state index contributed by atoms with van der Waals surface area (Å²) in [5, 5.41) is 3.08. The van der Waals surface area contributed by atoms with Crippen molar-refractivity contribution in [1.29, 1.82) is 0 Å². The molecule has 0 fully saturated rings. The van der Waals surface area contributed by atoms with E-state index in [1.807, 2.05) is 26.1 Å². The van der Waals surface area contributed by atoms with Crippen LogP contribution in [0.15, 0.2) is 22.7 Å². The number of hydrogen-bond donors (Lipinski definition) is 1. The Bertz CT molecular complexity index is 414. The molecule has 0 amide bonds. The van der Waals surface area contributed by atoms with E-state index in [9.17, 15) is 13.2 Å². The quantitative estimate of drug-likeness (QED) is 0.764. The highest BCUT2D eigenvalue weighted by Gasteiger charge is 2.27. The molecule has 0 radical (unpaired) electrons. The maximum atomic E-state index is 12.0. The number of nitrogens with one attached hydrogen (secondary N) is 1. The number of hydrogen-bond acceptors (Lipinski definition) is 3. The molecule has 0 bridgehead atoms. The smallest absolute Gasteiger partial charge is 0.441 e. The second kappa shape index (κ2) is 7.40. The van der Waals surface area contributed by atoms with E-state index >= 15 is 0 Å². The first kappa shape index (κ1) is 16.7. The monoisotopic (exact) mass is 357 g/mol. The molecule has 7 heteroatoms. The summed E-state index contributed by atoms with van der Waals surface area (Å²) in [5.74, 6) is 0.475. The van der Waals surface area contributed by atoms with Gasteiger partial charge in [0.15, 0.2) is 0 Å². The summed E-state index contributed by atoms with van der Waals surface area (Å²) in [5.41, 5.74) is -3.29. The summed E-state index contributed by atoms with van der Waals surface area (Å²) in [6.45, 7) is 1.98. The maximum absolute atomic E-state index is 12.0. The van der Waals surface area contributed by atoms with E-state index in [1.54, 1.807) is 6.07 Å². The van der Waals surface area contributed by atoms with Crippen molar-refractivity contribution >= 4 is 27.7 Å². The lowest BCUT2D eigenvalue weighted by atomic mass is 10.1. The van der Waals surface area contributed by atoms with E-state index in [2.05, 4.69) is 21.2 Å². The van der Waals surface area contributed by atoms with Gasteiger partial charge in [-0.25, -0.2) is 0 Å². The van der Waals surface area contributed by atoms with Crippen molar-refractivity contribution in [3.63, 3.8) is 0 Å². The lowest BCUT2D eigenvalue weighted by molar-refractivity contribution is -0.0329. The second-order valence-electron chi connectivity index (χ2n) is 3.84. The Morgan fingerprint density at radius 2 is 2.11 bits per heavy atom. The summed E-state index contributed by atoms with van der Waals surface area (Å²) in [6, 6.07) is 5.60. The molecule has 0 spiro atoms. The first-order valence-corrected chi connectivity index (χ1v) is 7.41. The van der Waals surface area contributed by atoms with Crippen LogP contribution in [0.3, 0.4) is 0 Å². The Morgan fingerprint density at radius 1 is 1.42 bits per heavy atom. The average molecular weight is 358 g/mol. The van der Waals surface area contributed by atoms with Crippen LogP contribution in [0, 0.1) is 0 Å². The molecule has 1 atom stereocenters.